The van der Waals surface area contributed by atoms with E-state index in [0.717, 1.165) is 36.2 Å². The van der Waals surface area contributed by atoms with E-state index in [9.17, 15) is 9.59 Å². The van der Waals surface area contributed by atoms with Crippen molar-refractivity contribution in [3.63, 3.8) is 0 Å². The highest BCUT2D eigenvalue weighted by atomic mass is 36.0. The van der Waals surface area contributed by atoms with Gasteiger partial charge in [0.05, 0.1) is 5.34 Å². The van der Waals surface area contributed by atoms with Crippen LogP contribution >= 0.6 is 99.3 Å². The number of carboxylic acids is 1. The van der Waals surface area contributed by atoms with Crippen LogP contribution < -0.4 is 0 Å². The fourth-order valence-electron chi connectivity index (χ4n) is 2.41. The van der Waals surface area contributed by atoms with Gasteiger partial charge in [0.25, 0.3) is 0 Å². The van der Waals surface area contributed by atoms with Crippen molar-refractivity contribution in [2.24, 2.45) is 0 Å². The lowest BCUT2D eigenvalue weighted by Gasteiger charge is -2.04. The number of rotatable bonds is 10. The average molecular weight is 635 g/mol. The summed E-state index contributed by atoms with van der Waals surface area (Å²) in [5.41, 5.74) is 0. The van der Waals surface area contributed by atoms with Gasteiger partial charge >= 0.3 is 5.97 Å². The Kier molecular flexibility index (Phi) is 30.5. The maximum atomic E-state index is 10.4. The van der Waals surface area contributed by atoms with Crippen molar-refractivity contribution >= 4 is 120 Å². The number of hydrogen-bond donors (Lipinski definition) is 1. The highest BCUT2D eigenvalue weighted by Gasteiger charge is 2.16. The van der Waals surface area contributed by atoms with Crippen molar-refractivity contribution < 1.29 is 18.9 Å². The molecule has 0 amide bonds. The van der Waals surface area contributed by atoms with Crippen LogP contribution in [0.1, 0.15) is 64.2 Å². The van der Waals surface area contributed by atoms with Crippen LogP contribution in [0.3, 0.4) is 0 Å². The Bertz CT molecular complexity index is 430. The summed E-state index contributed by atoms with van der Waals surface area (Å²) in [6.45, 7) is 0. The van der Waals surface area contributed by atoms with E-state index < -0.39 is 15.2 Å². The third-order valence-electron chi connectivity index (χ3n) is 3.77. The lowest BCUT2D eigenvalue weighted by Crippen LogP contribution is -1.99. The number of aliphatic carboxylic acids is 1. The molecule has 2 atom stereocenters. The maximum absolute atomic E-state index is 10.4. The SMILES string of the molecule is ClCCl.O=C(Cl)CCCCC1CCSS1.O=C(O)CCCCC1CCSS1.O=S(Cl)Cl. The summed E-state index contributed by atoms with van der Waals surface area (Å²) in [5, 5.41) is 10.0. The second kappa shape index (κ2) is 26.7. The lowest BCUT2D eigenvalue weighted by molar-refractivity contribution is -0.137. The molecule has 0 aromatic heterocycles. The van der Waals surface area contributed by atoms with Crippen molar-refractivity contribution in [2.75, 3.05) is 16.8 Å². The minimum absolute atomic E-state index is 0.191. The number of hydrogen-bond acceptors (Lipinski definition) is 7. The highest BCUT2D eigenvalue weighted by molar-refractivity contribution is 8.77. The van der Waals surface area contributed by atoms with Crippen molar-refractivity contribution in [2.45, 2.75) is 74.7 Å². The Hall–Kier alpha value is 2.14. The standard InChI is InChI=1S/C8H13ClOS2.C8H14O2S2.CH2Cl2.Cl2OS/c2*9-8(10)4-2-1-3-7-5-6-11-12-7;2-1-3;1-4(2)3/h7H,1-6H2;7H,1-6H2,(H,9,10);1H2;. The summed E-state index contributed by atoms with van der Waals surface area (Å²) in [7, 11) is 15.2. The summed E-state index contributed by atoms with van der Waals surface area (Å²) in [5.74, 6) is 1.90. The predicted octanol–water partition coefficient (Wildman–Crippen LogP) is 8.72. The first-order valence-corrected chi connectivity index (χ1v) is 18.6. The molecular weight excluding hydrogens is 606 g/mol. The summed E-state index contributed by atoms with van der Waals surface area (Å²) in [6.07, 6.45) is 10.0. The molecule has 2 heterocycles. The van der Waals surface area contributed by atoms with E-state index in [-0.39, 0.29) is 10.6 Å². The van der Waals surface area contributed by atoms with Gasteiger partial charge in [-0.3, -0.25) is 9.59 Å². The Morgan fingerprint density at radius 2 is 1.26 bits per heavy atom. The van der Waals surface area contributed by atoms with Gasteiger partial charge < -0.3 is 5.11 Å². The number of carboxylic acid groups (broad SMARTS) is 1. The summed E-state index contributed by atoms with van der Waals surface area (Å²) in [6, 6.07) is 0. The van der Waals surface area contributed by atoms with E-state index in [4.69, 9.17) is 44.1 Å². The molecule has 2 fully saturated rings. The number of unbranched alkanes of at least 4 members (excludes halogenated alkanes) is 2. The molecule has 2 aliphatic rings. The Morgan fingerprint density at radius 1 is 0.871 bits per heavy atom. The number of carbonyl (C=O) groups is 2. The van der Waals surface area contributed by atoms with E-state index in [1.54, 1.807) is 0 Å². The van der Waals surface area contributed by atoms with Crippen LogP contribution in [0.15, 0.2) is 0 Å². The second-order valence-electron chi connectivity index (χ2n) is 6.18. The Labute approximate surface area is 228 Å². The maximum Gasteiger partial charge on any atom is 0.303 e. The monoisotopic (exact) mass is 632 g/mol. The molecule has 186 valence electrons. The van der Waals surface area contributed by atoms with E-state index in [0.29, 0.717) is 12.8 Å². The van der Waals surface area contributed by atoms with Gasteiger partial charge in [-0.05, 0) is 50.1 Å². The van der Waals surface area contributed by atoms with Crippen molar-refractivity contribution in [3.05, 3.63) is 0 Å². The molecule has 0 aliphatic carbocycles. The molecule has 0 aromatic carbocycles. The van der Waals surface area contributed by atoms with Gasteiger partial charge in [-0.15, -0.1) is 23.2 Å². The van der Waals surface area contributed by atoms with Crippen molar-refractivity contribution in [1.29, 1.82) is 0 Å². The zero-order valence-corrected chi connectivity index (χ0v) is 24.8. The zero-order valence-electron chi connectivity index (χ0n) is 17.0. The average Bonchev–Trinajstić information content (AvgIpc) is 3.37. The summed E-state index contributed by atoms with van der Waals surface area (Å²) >= 11 is 14.8. The quantitative estimate of drug-likeness (QED) is 0.111. The topological polar surface area (TPSA) is 71.4 Å². The molecule has 31 heavy (non-hydrogen) atoms. The van der Waals surface area contributed by atoms with Crippen LogP contribution in [0, 0.1) is 0 Å². The minimum Gasteiger partial charge on any atom is -0.481 e. The van der Waals surface area contributed by atoms with Gasteiger partial charge in [0.1, 0.15) is 0 Å². The van der Waals surface area contributed by atoms with Crippen LogP contribution in [-0.4, -0.2) is 47.9 Å². The first-order chi connectivity index (χ1) is 14.7. The van der Waals surface area contributed by atoms with Gasteiger partial charge in [-0.2, -0.15) is 0 Å². The molecule has 0 aromatic rings. The van der Waals surface area contributed by atoms with E-state index >= 15 is 0 Å². The summed E-state index contributed by atoms with van der Waals surface area (Å²) < 4.78 is 9.09. The zero-order chi connectivity index (χ0) is 23.9. The smallest absolute Gasteiger partial charge is 0.303 e. The second-order valence-corrected chi connectivity index (χ2v) is 15.5. The van der Waals surface area contributed by atoms with E-state index in [1.165, 1.54) is 37.2 Å². The molecular formula is C17H29Cl5O4S5. The fourth-order valence-corrected chi connectivity index (χ4v) is 8.60. The van der Waals surface area contributed by atoms with Gasteiger partial charge in [-0.25, -0.2) is 4.21 Å². The van der Waals surface area contributed by atoms with E-state index in [1.807, 2.05) is 43.2 Å². The number of carbonyl (C=O) groups excluding carboxylic acids is 1. The van der Waals surface area contributed by atoms with Crippen molar-refractivity contribution in [1.82, 2.24) is 0 Å². The third kappa shape index (κ3) is 32.1. The fraction of sp³-hybridized carbons (Fsp3) is 0.882. The molecule has 4 nitrogen and oxygen atoms in total. The van der Waals surface area contributed by atoms with Crippen LogP contribution in [0.25, 0.3) is 0 Å². The van der Waals surface area contributed by atoms with Crippen LogP contribution in [-0.2, 0) is 18.8 Å². The number of alkyl halides is 2. The van der Waals surface area contributed by atoms with E-state index in [2.05, 4.69) is 21.4 Å². The Balaban J connectivity index is 0. The predicted molar refractivity (Wildman–Crippen MR) is 149 cm³/mol. The first-order valence-electron chi connectivity index (χ1n) is 9.55. The largest absolute Gasteiger partial charge is 0.481 e. The molecule has 2 rings (SSSR count). The van der Waals surface area contributed by atoms with Gasteiger partial charge in [0, 0.05) is 56.2 Å². The molecule has 14 heteroatoms. The number of halogens is 5. The Morgan fingerprint density at radius 3 is 1.55 bits per heavy atom. The molecule has 0 radical (unpaired) electrons. The molecule has 0 bridgehead atoms. The van der Waals surface area contributed by atoms with Crippen LogP contribution in [0.2, 0.25) is 0 Å². The molecule has 2 aliphatic heterocycles. The molecule has 2 saturated heterocycles. The van der Waals surface area contributed by atoms with Gasteiger partial charge in [0.2, 0.25) is 14.5 Å². The summed E-state index contributed by atoms with van der Waals surface area (Å²) in [4.78, 5) is 20.6. The van der Waals surface area contributed by atoms with Crippen LogP contribution in [0.5, 0.6) is 0 Å². The lowest BCUT2D eigenvalue weighted by atomic mass is 10.1. The first kappa shape index (κ1) is 35.3. The van der Waals surface area contributed by atoms with Crippen LogP contribution in [0.4, 0.5) is 0 Å². The highest BCUT2D eigenvalue weighted by Crippen LogP contribution is 2.40. The molecule has 1 N–H and O–H groups in total. The van der Waals surface area contributed by atoms with Gasteiger partial charge in [0.15, 0.2) is 0 Å². The van der Waals surface area contributed by atoms with Crippen molar-refractivity contribution in [3.8, 4) is 0 Å². The molecule has 0 saturated carbocycles. The molecule has 0 spiro atoms. The molecule has 2 unspecified atom stereocenters. The van der Waals surface area contributed by atoms with Gasteiger partial charge in [-0.1, -0.05) is 56.0 Å². The third-order valence-corrected chi connectivity index (χ3v) is 9.97. The normalized spacial score (nSPS) is 19.4. The minimum atomic E-state index is -1.67.